The van der Waals surface area contributed by atoms with Crippen LogP contribution in [0.15, 0.2) is 95.6 Å². The van der Waals surface area contributed by atoms with Crippen LogP contribution in [0.4, 0.5) is 5.69 Å². The summed E-state index contributed by atoms with van der Waals surface area (Å²) in [5.41, 5.74) is 10.1. The van der Waals surface area contributed by atoms with Gasteiger partial charge in [-0.05, 0) is 35.4 Å². The van der Waals surface area contributed by atoms with Crippen LogP contribution >= 0.6 is 0 Å². The van der Waals surface area contributed by atoms with E-state index in [-0.39, 0.29) is 11.9 Å². The number of benzene rings is 3. The van der Waals surface area contributed by atoms with Crippen LogP contribution in [0, 0.1) is 0 Å². The summed E-state index contributed by atoms with van der Waals surface area (Å²) >= 11 is 0. The van der Waals surface area contributed by atoms with E-state index in [2.05, 4.69) is 58.4 Å². The molecule has 4 aromatic rings. The maximum Gasteiger partial charge on any atom is 0.275 e. The highest BCUT2D eigenvalue weighted by molar-refractivity contribution is 5.92. The fraction of sp³-hybridized carbons (Fsp3) is 0.185. The molecule has 1 aliphatic rings. The maximum absolute atomic E-state index is 13.1. The molecule has 166 valence electrons. The van der Waals surface area contributed by atoms with Gasteiger partial charge in [0, 0.05) is 37.4 Å². The number of oxazole rings is 1. The lowest BCUT2D eigenvalue weighted by atomic mass is 9.96. The number of nitrogens with zero attached hydrogens (tertiary/aromatic N) is 3. The predicted molar refractivity (Wildman–Crippen MR) is 129 cm³/mol. The third-order valence-electron chi connectivity index (χ3n) is 6.08. The van der Waals surface area contributed by atoms with E-state index in [9.17, 15) is 4.79 Å². The average molecular weight is 439 g/mol. The lowest BCUT2D eigenvalue weighted by Crippen LogP contribution is -2.50. The van der Waals surface area contributed by atoms with E-state index in [4.69, 9.17) is 10.2 Å². The summed E-state index contributed by atoms with van der Waals surface area (Å²) in [6, 6.07) is 28.5. The molecule has 0 saturated carbocycles. The van der Waals surface area contributed by atoms with Gasteiger partial charge in [0.1, 0.15) is 6.26 Å². The van der Waals surface area contributed by atoms with Crippen molar-refractivity contribution < 1.29 is 9.21 Å². The van der Waals surface area contributed by atoms with Gasteiger partial charge in [-0.1, -0.05) is 60.7 Å². The minimum Gasteiger partial charge on any atom is -0.444 e. The molecule has 6 nitrogen and oxygen atoms in total. The number of anilines is 1. The number of nitrogens with two attached hydrogens (primary N) is 1. The van der Waals surface area contributed by atoms with E-state index >= 15 is 0 Å². The summed E-state index contributed by atoms with van der Waals surface area (Å²) in [5.74, 6) is 0.321. The Hall–Kier alpha value is -3.90. The Morgan fingerprint density at radius 1 is 0.818 bits per heavy atom. The van der Waals surface area contributed by atoms with Crippen molar-refractivity contribution in [3.8, 4) is 11.5 Å². The van der Waals surface area contributed by atoms with E-state index < -0.39 is 0 Å². The summed E-state index contributed by atoms with van der Waals surface area (Å²) in [4.78, 5) is 21.8. The first-order valence-corrected chi connectivity index (χ1v) is 11.1. The minimum absolute atomic E-state index is 0.101. The molecule has 1 saturated heterocycles. The van der Waals surface area contributed by atoms with Crippen LogP contribution in [0.5, 0.6) is 0 Å². The predicted octanol–water partition coefficient (Wildman–Crippen LogP) is 4.47. The highest BCUT2D eigenvalue weighted by atomic mass is 16.3. The standard InChI is InChI=1S/C27H26N4O2/c28-23-13-11-22(12-14-23)26-29-24(19-33-26)27(32)31-17-15-30(16-18-31)25(20-7-3-1-4-8-20)21-9-5-2-6-10-21/h1-14,19,25H,15-18,28H2. The van der Waals surface area contributed by atoms with Gasteiger partial charge >= 0.3 is 0 Å². The van der Waals surface area contributed by atoms with Crippen molar-refractivity contribution in [2.24, 2.45) is 0 Å². The van der Waals surface area contributed by atoms with E-state index in [1.165, 1.54) is 17.4 Å². The second-order valence-electron chi connectivity index (χ2n) is 8.21. The van der Waals surface area contributed by atoms with Gasteiger partial charge < -0.3 is 15.1 Å². The second kappa shape index (κ2) is 9.30. The van der Waals surface area contributed by atoms with Gasteiger partial charge in [-0.3, -0.25) is 9.69 Å². The number of hydrogen-bond donors (Lipinski definition) is 1. The molecule has 0 radical (unpaired) electrons. The van der Waals surface area contributed by atoms with Gasteiger partial charge in [-0.15, -0.1) is 0 Å². The summed E-state index contributed by atoms with van der Waals surface area (Å²) in [6.07, 6.45) is 1.44. The van der Waals surface area contributed by atoms with Crippen molar-refractivity contribution >= 4 is 11.6 Å². The number of nitrogen functional groups attached to an aromatic ring is 1. The van der Waals surface area contributed by atoms with Crippen molar-refractivity contribution in [2.75, 3.05) is 31.9 Å². The SMILES string of the molecule is Nc1ccc(-c2nc(C(=O)N3CCN(C(c4ccccc4)c4ccccc4)CC3)co2)cc1. The van der Waals surface area contributed by atoms with E-state index in [0.717, 1.165) is 18.7 Å². The Morgan fingerprint density at radius 3 is 1.97 bits per heavy atom. The highest BCUT2D eigenvalue weighted by Gasteiger charge is 2.29. The van der Waals surface area contributed by atoms with Gasteiger partial charge in [0.25, 0.3) is 5.91 Å². The number of hydrogen-bond acceptors (Lipinski definition) is 5. The van der Waals surface area contributed by atoms with Crippen LogP contribution in [0.25, 0.3) is 11.5 Å². The van der Waals surface area contributed by atoms with Crippen LogP contribution in [0.2, 0.25) is 0 Å². The molecule has 0 atom stereocenters. The van der Waals surface area contributed by atoms with Gasteiger partial charge in [0.2, 0.25) is 5.89 Å². The van der Waals surface area contributed by atoms with Crippen LogP contribution in [-0.2, 0) is 0 Å². The number of amides is 1. The first kappa shape index (κ1) is 21.0. The molecule has 0 aliphatic carbocycles. The lowest BCUT2D eigenvalue weighted by Gasteiger charge is -2.39. The third kappa shape index (κ3) is 4.52. The number of piperazine rings is 1. The maximum atomic E-state index is 13.1. The molecule has 1 aliphatic heterocycles. The summed E-state index contributed by atoms with van der Waals surface area (Å²) in [6.45, 7) is 2.84. The summed E-state index contributed by atoms with van der Waals surface area (Å²) in [5, 5.41) is 0. The Bertz CT molecular complexity index is 1160. The lowest BCUT2D eigenvalue weighted by molar-refractivity contribution is 0.0592. The molecular formula is C27H26N4O2. The Kier molecular flexibility index (Phi) is 5.91. The summed E-state index contributed by atoms with van der Waals surface area (Å²) in [7, 11) is 0. The molecule has 2 N–H and O–H groups in total. The zero-order valence-electron chi connectivity index (χ0n) is 18.3. The number of carbonyl (C=O) groups excluding carboxylic acids is 1. The zero-order valence-corrected chi connectivity index (χ0v) is 18.3. The zero-order chi connectivity index (χ0) is 22.6. The highest BCUT2D eigenvalue weighted by Crippen LogP contribution is 2.30. The quantitative estimate of drug-likeness (QED) is 0.465. The fourth-order valence-electron chi connectivity index (χ4n) is 4.36. The second-order valence-corrected chi connectivity index (χ2v) is 8.21. The molecular weight excluding hydrogens is 412 g/mol. The van der Waals surface area contributed by atoms with Crippen molar-refractivity contribution in [1.29, 1.82) is 0 Å². The van der Waals surface area contributed by atoms with Crippen molar-refractivity contribution in [1.82, 2.24) is 14.8 Å². The van der Waals surface area contributed by atoms with Crippen molar-refractivity contribution in [3.63, 3.8) is 0 Å². The first-order chi connectivity index (χ1) is 16.2. The van der Waals surface area contributed by atoms with Gasteiger partial charge in [0.05, 0.1) is 6.04 Å². The smallest absolute Gasteiger partial charge is 0.275 e. The van der Waals surface area contributed by atoms with Crippen LogP contribution in [-0.4, -0.2) is 46.9 Å². The molecule has 6 heteroatoms. The molecule has 33 heavy (non-hydrogen) atoms. The number of aromatic nitrogens is 1. The van der Waals surface area contributed by atoms with E-state index in [0.29, 0.717) is 30.4 Å². The molecule has 1 aromatic heterocycles. The fourth-order valence-corrected chi connectivity index (χ4v) is 4.36. The molecule has 0 spiro atoms. The van der Waals surface area contributed by atoms with Gasteiger partial charge in [-0.25, -0.2) is 4.98 Å². The minimum atomic E-state index is -0.101. The molecule has 0 bridgehead atoms. The van der Waals surface area contributed by atoms with Gasteiger partial charge in [0.15, 0.2) is 5.69 Å². The molecule has 0 unspecified atom stereocenters. The largest absolute Gasteiger partial charge is 0.444 e. The Labute approximate surface area is 193 Å². The molecule has 3 aromatic carbocycles. The van der Waals surface area contributed by atoms with Crippen LogP contribution in [0.1, 0.15) is 27.7 Å². The first-order valence-electron chi connectivity index (χ1n) is 11.1. The summed E-state index contributed by atoms with van der Waals surface area (Å²) < 4.78 is 5.57. The topological polar surface area (TPSA) is 75.6 Å². The van der Waals surface area contributed by atoms with Crippen molar-refractivity contribution in [3.05, 3.63) is 108 Å². The van der Waals surface area contributed by atoms with E-state index in [1.807, 2.05) is 29.2 Å². The number of carbonyl (C=O) groups is 1. The van der Waals surface area contributed by atoms with E-state index in [1.54, 1.807) is 12.1 Å². The third-order valence-corrected chi connectivity index (χ3v) is 6.08. The Morgan fingerprint density at radius 2 is 1.39 bits per heavy atom. The van der Waals surface area contributed by atoms with Crippen LogP contribution in [0.3, 0.4) is 0 Å². The van der Waals surface area contributed by atoms with Gasteiger partial charge in [-0.2, -0.15) is 0 Å². The van der Waals surface area contributed by atoms with Crippen molar-refractivity contribution in [2.45, 2.75) is 6.04 Å². The Balaban J connectivity index is 1.29. The molecule has 2 heterocycles. The molecule has 1 fully saturated rings. The van der Waals surface area contributed by atoms with Crippen LogP contribution < -0.4 is 5.73 Å². The monoisotopic (exact) mass is 438 g/mol. The molecule has 1 amide bonds. The molecule has 5 rings (SSSR count). The normalized spacial score (nSPS) is 14.5. The number of rotatable bonds is 5. The average Bonchev–Trinajstić information content (AvgIpc) is 3.36.